The van der Waals surface area contributed by atoms with E-state index in [0.29, 0.717) is 5.17 Å². The number of hydrogen-bond donors (Lipinski definition) is 5. The van der Waals surface area contributed by atoms with Crippen molar-refractivity contribution in [3.63, 3.8) is 0 Å². The molecule has 15 heavy (non-hydrogen) atoms. The second-order valence-electron chi connectivity index (χ2n) is 2.99. The number of piperazine rings is 1. The van der Waals surface area contributed by atoms with E-state index < -0.39 is 0 Å². The third-order valence-corrected chi connectivity index (χ3v) is 2.84. The maximum absolute atomic E-state index is 7.75. The smallest absolute Gasteiger partial charge is 0.175 e. The molecule has 1 rings (SSSR count). The third-order valence-electron chi connectivity index (χ3n) is 1.97. The Morgan fingerprint density at radius 2 is 1.93 bits per heavy atom. The first-order valence-corrected chi connectivity index (χ1v) is 5.31. The lowest BCUT2D eigenvalue weighted by molar-refractivity contribution is 0.362. The van der Waals surface area contributed by atoms with E-state index in [-0.39, 0.29) is 10.9 Å². The van der Waals surface area contributed by atoms with Gasteiger partial charge >= 0.3 is 0 Å². The average Bonchev–Trinajstić information content (AvgIpc) is 2.29. The summed E-state index contributed by atoms with van der Waals surface area (Å²) in [5, 5.41) is 22.0. The lowest BCUT2D eigenvalue weighted by Gasteiger charge is -2.28. The van der Waals surface area contributed by atoms with E-state index in [0.717, 1.165) is 37.9 Å². The van der Waals surface area contributed by atoms with Crippen LogP contribution in [0.15, 0.2) is 5.10 Å². The number of nitrogens with two attached hydrogens (primary N) is 2. The number of nitrogens with zero attached hydrogens (tertiary/aromatic N) is 2. The summed E-state index contributed by atoms with van der Waals surface area (Å²) in [6.45, 7) is 3.27. The summed E-state index contributed by atoms with van der Waals surface area (Å²) in [4.78, 5) is 1.89. The van der Waals surface area contributed by atoms with Gasteiger partial charge in [-0.2, -0.15) is 5.10 Å². The molecule has 1 heterocycles. The van der Waals surface area contributed by atoms with Crippen LogP contribution >= 0.6 is 11.8 Å². The van der Waals surface area contributed by atoms with Crippen LogP contribution in [0, 0.1) is 10.8 Å². The molecule has 1 fully saturated rings. The van der Waals surface area contributed by atoms with Crippen LogP contribution in [-0.2, 0) is 0 Å². The minimum Gasteiger partial charge on any atom is -0.380 e. The molecule has 0 aromatic rings. The van der Waals surface area contributed by atoms with E-state index >= 15 is 0 Å². The SMILES string of the molecule is N=C(SC(=N)N1CCNCC1)C(N)=NN. The molecule has 0 unspecified atom stereocenters. The Morgan fingerprint density at radius 3 is 2.47 bits per heavy atom. The van der Waals surface area contributed by atoms with Crippen LogP contribution in [0.1, 0.15) is 0 Å². The van der Waals surface area contributed by atoms with E-state index in [4.69, 9.17) is 22.4 Å². The van der Waals surface area contributed by atoms with Gasteiger partial charge in [-0.15, -0.1) is 0 Å². The first kappa shape index (κ1) is 11.8. The van der Waals surface area contributed by atoms with Crippen LogP contribution in [0.3, 0.4) is 0 Å². The van der Waals surface area contributed by atoms with Crippen molar-refractivity contribution in [3.8, 4) is 0 Å². The first-order chi connectivity index (χ1) is 7.15. The van der Waals surface area contributed by atoms with E-state index in [1.165, 1.54) is 0 Å². The molecule has 7 N–H and O–H groups in total. The molecule has 84 valence electrons. The van der Waals surface area contributed by atoms with Crippen molar-refractivity contribution in [1.82, 2.24) is 10.2 Å². The molecule has 0 aromatic carbocycles. The van der Waals surface area contributed by atoms with Gasteiger partial charge in [-0.25, -0.2) is 0 Å². The van der Waals surface area contributed by atoms with Gasteiger partial charge in [0.25, 0.3) is 0 Å². The Kier molecular flexibility index (Phi) is 4.37. The lowest BCUT2D eigenvalue weighted by Crippen LogP contribution is -2.45. The van der Waals surface area contributed by atoms with Gasteiger partial charge in [0.2, 0.25) is 0 Å². The summed E-state index contributed by atoms with van der Waals surface area (Å²) < 4.78 is 0. The van der Waals surface area contributed by atoms with Crippen LogP contribution in [0.2, 0.25) is 0 Å². The molecular weight excluding hydrogens is 214 g/mol. The molecule has 0 saturated carbocycles. The van der Waals surface area contributed by atoms with Crippen molar-refractivity contribution in [3.05, 3.63) is 0 Å². The molecule has 8 heteroatoms. The highest BCUT2D eigenvalue weighted by Gasteiger charge is 2.16. The molecule has 0 bridgehead atoms. The van der Waals surface area contributed by atoms with Crippen molar-refractivity contribution < 1.29 is 0 Å². The number of hydrazone groups is 1. The molecule has 1 saturated heterocycles. The number of hydrogen-bond acceptors (Lipinski definition) is 6. The standard InChI is InChI=1S/C7H15N7S/c8-5(13-11)6(9)15-7(10)14-3-1-12-2-4-14/h9-10,12H,1-4,11H2,(H2,8,13). The van der Waals surface area contributed by atoms with Gasteiger partial charge in [0.05, 0.1) is 0 Å². The highest BCUT2D eigenvalue weighted by Crippen LogP contribution is 2.09. The van der Waals surface area contributed by atoms with Gasteiger partial charge in [-0.3, -0.25) is 10.8 Å². The molecule has 1 aliphatic heterocycles. The molecule has 7 nitrogen and oxygen atoms in total. The summed E-state index contributed by atoms with van der Waals surface area (Å²) in [6, 6.07) is 0. The minimum atomic E-state index is -0.0418. The molecule has 0 amide bonds. The monoisotopic (exact) mass is 229 g/mol. The number of rotatable bonds is 0. The third kappa shape index (κ3) is 3.40. The molecule has 0 atom stereocenters. The van der Waals surface area contributed by atoms with Gasteiger partial charge in [0, 0.05) is 26.2 Å². The normalized spacial score (nSPS) is 17.6. The number of amidine groups is 2. The Balaban J connectivity index is 2.44. The van der Waals surface area contributed by atoms with Crippen molar-refractivity contribution in [2.24, 2.45) is 16.7 Å². The fourth-order valence-electron chi connectivity index (χ4n) is 1.14. The average molecular weight is 229 g/mol. The Hall–Kier alpha value is -1.28. The fourth-order valence-corrected chi connectivity index (χ4v) is 1.80. The Bertz CT molecular complexity index is 281. The second kappa shape index (κ2) is 5.56. The van der Waals surface area contributed by atoms with E-state index in [9.17, 15) is 0 Å². The zero-order chi connectivity index (χ0) is 11.3. The zero-order valence-corrected chi connectivity index (χ0v) is 9.10. The summed E-state index contributed by atoms with van der Waals surface area (Å²) in [7, 11) is 0. The second-order valence-corrected chi connectivity index (χ2v) is 3.99. The zero-order valence-electron chi connectivity index (χ0n) is 8.29. The summed E-state index contributed by atoms with van der Waals surface area (Å²) in [6.07, 6.45) is 0. The molecule has 0 radical (unpaired) electrons. The van der Waals surface area contributed by atoms with Crippen LogP contribution < -0.4 is 16.9 Å². The van der Waals surface area contributed by atoms with E-state index in [1.807, 2.05) is 4.90 Å². The number of nitrogens with one attached hydrogen (secondary N) is 3. The van der Waals surface area contributed by atoms with E-state index in [2.05, 4.69) is 10.4 Å². The predicted molar refractivity (Wildman–Crippen MR) is 63.3 cm³/mol. The lowest BCUT2D eigenvalue weighted by atomic mass is 10.4. The Morgan fingerprint density at radius 1 is 1.33 bits per heavy atom. The van der Waals surface area contributed by atoms with Gasteiger partial charge in [-0.1, -0.05) is 0 Å². The highest BCUT2D eigenvalue weighted by atomic mass is 32.2. The minimum absolute atomic E-state index is 0.0148. The number of thioether (sulfide) groups is 1. The molecule has 0 spiro atoms. The highest BCUT2D eigenvalue weighted by molar-refractivity contribution is 8.27. The van der Waals surface area contributed by atoms with Crippen LogP contribution in [0.4, 0.5) is 0 Å². The summed E-state index contributed by atoms with van der Waals surface area (Å²) in [5.74, 6) is 4.90. The predicted octanol–water partition coefficient (Wildman–Crippen LogP) is -1.23. The fraction of sp³-hybridized carbons (Fsp3) is 0.571. The van der Waals surface area contributed by atoms with Crippen molar-refractivity contribution in [2.75, 3.05) is 26.2 Å². The molecule has 0 aromatic heterocycles. The molecular formula is C7H15N7S. The largest absolute Gasteiger partial charge is 0.380 e. The maximum atomic E-state index is 7.75. The summed E-state index contributed by atoms with van der Waals surface area (Å²) in [5.41, 5.74) is 5.35. The van der Waals surface area contributed by atoms with Gasteiger partial charge in [0.15, 0.2) is 11.0 Å². The van der Waals surface area contributed by atoms with Crippen LogP contribution in [-0.4, -0.2) is 47.1 Å². The molecule has 0 aliphatic carbocycles. The quantitative estimate of drug-likeness (QED) is 0.154. The van der Waals surface area contributed by atoms with Crippen LogP contribution in [0.25, 0.3) is 0 Å². The topological polar surface area (TPSA) is 127 Å². The summed E-state index contributed by atoms with van der Waals surface area (Å²) >= 11 is 0.968. The van der Waals surface area contributed by atoms with Gasteiger partial charge in [0.1, 0.15) is 5.04 Å². The maximum Gasteiger partial charge on any atom is 0.175 e. The van der Waals surface area contributed by atoms with E-state index in [1.54, 1.807) is 0 Å². The first-order valence-electron chi connectivity index (χ1n) is 4.49. The van der Waals surface area contributed by atoms with Crippen molar-refractivity contribution in [2.45, 2.75) is 0 Å². The van der Waals surface area contributed by atoms with Gasteiger partial charge < -0.3 is 21.8 Å². The van der Waals surface area contributed by atoms with Gasteiger partial charge in [-0.05, 0) is 11.8 Å². The van der Waals surface area contributed by atoms with Crippen LogP contribution in [0.5, 0.6) is 0 Å². The van der Waals surface area contributed by atoms with Crippen molar-refractivity contribution in [1.29, 1.82) is 10.8 Å². The van der Waals surface area contributed by atoms with Crippen molar-refractivity contribution >= 4 is 27.8 Å². The molecule has 1 aliphatic rings. The Labute approximate surface area is 92.3 Å².